The Kier molecular flexibility index (Phi) is 5.03. The van der Waals surface area contributed by atoms with Crippen molar-refractivity contribution in [1.82, 2.24) is 0 Å². The molecule has 0 fully saturated rings. The first-order chi connectivity index (χ1) is 7.69. The number of methoxy groups -OCH3 is 1. The van der Waals surface area contributed by atoms with E-state index < -0.39 is 0 Å². The Bertz CT molecular complexity index is 319. The van der Waals surface area contributed by atoms with Gasteiger partial charge in [-0.05, 0) is 24.3 Å². The van der Waals surface area contributed by atoms with Crippen molar-refractivity contribution in [2.24, 2.45) is 5.92 Å². The lowest BCUT2D eigenvalue weighted by molar-refractivity contribution is -0.145. The van der Waals surface area contributed by atoms with Gasteiger partial charge in [-0.25, -0.2) is 0 Å². The van der Waals surface area contributed by atoms with Gasteiger partial charge < -0.3 is 4.74 Å². The number of esters is 1. The van der Waals surface area contributed by atoms with Crippen LogP contribution in [0.5, 0.6) is 0 Å². The highest BCUT2D eigenvalue weighted by molar-refractivity contribution is 5.72. The van der Waals surface area contributed by atoms with E-state index in [1.807, 2.05) is 25.1 Å². The molecule has 1 aromatic rings. The quantitative estimate of drug-likeness (QED) is 0.711. The lowest BCUT2D eigenvalue weighted by Crippen LogP contribution is -2.17. The average molecular weight is 220 g/mol. The molecule has 0 amide bonds. The third-order valence-electron chi connectivity index (χ3n) is 3.03. The fourth-order valence-corrected chi connectivity index (χ4v) is 1.94. The van der Waals surface area contributed by atoms with Crippen molar-refractivity contribution in [3.8, 4) is 0 Å². The van der Waals surface area contributed by atoms with Crippen molar-refractivity contribution >= 4 is 5.97 Å². The molecule has 0 N–H and O–H groups in total. The Labute approximate surface area is 97.6 Å². The van der Waals surface area contributed by atoms with Gasteiger partial charge in [-0.15, -0.1) is 0 Å². The van der Waals surface area contributed by atoms with Crippen molar-refractivity contribution in [2.75, 3.05) is 7.11 Å². The van der Waals surface area contributed by atoms with E-state index in [9.17, 15) is 4.79 Å². The number of carbonyl (C=O) groups excluding carboxylic acids is 1. The van der Waals surface area contributed by atoms with Gasteiger partial charge in [-0.1, -0.05) is 44.2 Å². The van der Waals surface area contributed by atoms with Crippen molar-refractivity contribution in [2.45, 2.75) is 32.6 Å². The van der Waals surface area contributed by atoms with E-state index in [4.69, 9.17) is 4.74 Å². The molecular weight excluding hydrogens is 200 g/mol. The molecule has 0 aliphatic rings. The second-order valence-electron chi connectivity index (χ2n) is 4.18. The maximum Gasteiger partial charge on any atom is 0.308 e. The second-order valence-corrected chi connectivity index (χ2v) is 4.18. The summed E-state index contributed by atoms with van der Waals surface area (Å²) in [6.07, 6.45) is 1.69. The molecule has 1 rings (SSSR count). The first-order valence-electron chi connectivity index (χ1n) is 5.81. The van der Waals surface area contributed by atoms with E-state index in [1.54, 1.807) is 0 Å². The summed E-state index contributed by atoms with van der Waals surface area (Å²) in [4.78, 5) is 11.5. The summed E-state index contributed by atoms with van der Waals surface area (Å²) in [5, 5.41) is 0. The van der Waals surface area contributed by atoms with Gasteiger partial charge in [0, 0.05) is 0 Å². The third kappa shape index (κ3) is 3.37. The summed E-state index contributed by atoms with van der Waals surface area (Å²) in [7, 11) is 1.46. The lowest BCUT2D eigenvalue weighted by Gasteiger charge is -2.17. The van der Waals surface area contributed by atoms with Crippen LogP contribution in [-0.4, -0.2) is 13.1 Å². The predicted molar refractivity (Wildman–Crippen MR) is 65.3 cm³/mol. The number of hydrogen-bond donors (Lipinski definition) is 0. The Morgan fingerprint density at radius 2 is 1.94 bits per heavy atom. The average Bonchev–Trinajstić information content (AvgIpc) is 2.35. The number of carbonyl (C=O) groups is 1. The first-order valence-corrected chi connectivity index (χ1v) is 5.81. The summed E-state index contributed by atoms with van der Waals surface area (Å²) < 4.78 is 4.80. The smallest absolute Gasteiger partial charge is 0.308 e. The number of hydrogen-bond acceptors (Lipinski definition) is 2. The Hall–Kier alpha value is -1.31. The zero-order valence-corrected chi connectivity index (χ0v) is 10.3. The molecule has 0 aromatic heterocycles. The molecule has 1 aromatic carbocycles. The predicted octanol–water partition coefficient (Wildman–Crippen LogP) is 3.38. The highest BCUT2D eigenvalue weighted by Gasteiger charge is 2.20. The summed E-state index contributed by atoms with van der Waals surface area (Å²) in [6, 6.07) is 10.3. The fraction of sp³-hybridized carbons (Fsp3) is 0.500. The summed E-state index contributed by atoms with van der Waals surface area (Å²) >= 11 is 0. The fourth-order valence-electron chi connectivity index (χ4n) is 1.94. The molecule has 2 unspecified atom stereocenters. The van der Waals surface area contributed by atoms with E-state index in [-0.39, 0.29) is 11.9 Å². The topological polar surface area (TPSA) is 26.3 Å². The second kappa shape index (κ2) is 6.31. The normalized spacial score (nSPS) is 14.2. The van der Waals surface area contributed by atoms with Gasteiger partial charge in [0.1, 0.15) is 0 Å². The van der Waals surface area contributed by atoms with E-state index in [0.717, 1.165) is 12.8 Å². The van der Waals surface area contributed by atoms with E-state index in [2.05, 4.69) is 19.1 Å². The number of benzene rings is 1. The first kappa shape index (κ1) is 12.8. The maximum atomic E-state index is 11.5. The molecule has 2 heteroatoms. The molecule has 0 saturated carbocycles. The van der Waals surface area contributed by atoms with Crippen molar-refractivity contribution in [1.29, 1.82) is 0 Å². The van der Waals surface area contributed by atoms with Crippen LogP contribution in [0.4, 0.5) is 0 Å². The molecule has 0 aliphatic carbocycles. The largest absolute Gasteiger partial charge is 0.469 e. The molecule has 16 heavy (non-hydrogen) atoms. The minimum Gasteiger partial charge on any atom is -0.469 e. The van der Waals surface area contributed by atoms with Gasteiger partial charge in [0.25, 0.3) is 0 Å². The summed E-state index contributed by atoms with van der Waals surface area (Å²) in [5.41, 5.74) is 1.28. The van der Waals surface area contributed by atoms with Crippen molar-refractivity contribution < 1.29 is 9.53 Å². The van der Waals surface area contributed by atoms with Crippen molar-refractivity contribution in [3.05, 3.63) is 35.9 Å². The molecule has 2 atom stereocenters. The Morgan fingerprint density at radius 1 is 1.31 bits per heavy atom. The van der Waals surface area contributed by atoms with Crippen LogP contribution >= 0.6 is 0 Å². The van der Waals surface area contributed by atoms with Crippen LogP contribution in [0.1, 0.15) is 38.2 Å². The standard InChI is InChI=1S/C14H20O2/c1-4-12(14(15)16-3)10-11(2)13-8-6-5-7-9-13/h5-9,11-12H,4,10H2,1-3H3. The highest BCUT2D eigenvalue weighted by atomic mass is 16.5. The Balaban J connectivity index is 2.62. The third-order valence-corrected chi connectivity index (χ3v) is 3.03. The highest BCUT2D eigenvalue weighted by Crippen LogP contribution is 2.25. The summed E-state index contributed by atoms with van der Waals surface area (Å²) in [5.74, 6) is 0.315. The van der Waals surface area contributed by atoms with Crippen LogP contribution in [0, 0.1) is 5.92 Å². The van der Waals surface area contributed by atoms with Gasteiger partial charge in [-0.2, -0.15) is 0 Å². The number of ether oxygens (including phenoxy) is 1. The van der Waals surface area contributed by atoms with Gasteiger partial charge >= 0.3 is 5.97 Å². The van der Waals surface area contributed by atoms with E-state index in [1.165, 1.54) is 12.7 Å². The molecular formula is C14H20O2. The molecule has 0 saturated heterocycles. The van der Waals surface area contributed by atoms with E-state index in [0.29, 0.717) is 5.92 Å². The van der Waals surface area contributed by atoms with Crippen molar-refractivity contribution in [3.63, 3.8) is 0 Å². The Morgan fingerprint density at radius 3 is 2.44 bits per heavy atom. The van der Waals surface area contributed by atoms with Crippen LogP contribution in [0.25, 0.3) is 0 Å². The molecule has 88 valence electrons. The zero-order chi connectivity index (χ0) is 12.0. The minimum atomic E-state index is -0.0923. The SMILES string of the molecule is CCC(CC(C)c1ccccc1)C(=O)OC. The van der Waals surface area contributed by atoms with Gasteiger partial charge in [0.2, 0.25) is 0 Å². The van der Waals surface area contributed by atoms with Crippen LogP contribution in [0.15, 0.2) is 30.3 Å². The molecule has 0 aliphatic heterocycles. The minimum absolute atomic E-state index is 0.0141. The maximum absolute atomic E-state index is 11.5. The molecule has 0 heterocycles. The lowest BCUT2D eigenvalue weighted by atomic mass is 9.89. The zero-order valence-electron chi connectivity index (χ0n) is 10.3. The molecule has 0 spiro atoms. The molecule has 0 radical (unpaired) electrons. The van der Waals surface area contributed by atoms with Crippen LogP contribution < -0.4 is 0 Å². The molecule has 0 bridgehead atoms. The van der Waals surface area contributed by atoms with E-state index >= 15 is 0 Å². The number of rotatable bonds is 5. The van der Waals surface area contributed by atoms with Crippen LogP contribution in [0.2, 0.25) is 0 Å². The van der Waals surface area contributed by atoms with Crippen LogP contribution in [0.3, 0.4) is 0 Å². The van der Waals surface area contributed by atoms with Crippen LogP contribution in [-0.2, 0) is 9.53 Å². The molecule has 2 nitrogen and oxygen atoms in total. The summed E-state index contributed by atoms with van der Waals surface area (Å²) in [6.45, 7) is 4.18. The van der Waals surface area contributed by atoms with Gasteiger partial charge in [0.05, 0.1) is 13.0 Å². The van der Waals surface area contributed by atoms with Gasteiger partial charge in [0.15, 0.2) is 0 Å². The van der Waals surface area contributed by atoms with Gasteiger partial charge in [-0.3, -0.25) is 4.79 Å². The monoisotopic (exact) mass is 220 g/mol.